The molecule has 1 aliphatic rings. The normalized spacial score (nSPS) is 15.0. The molecule has 4 rings (SSSR count). The quantitative estimate of drug-likeness (QED) is 0.610. The number of carbonyl (C=O) groups is 1. The van der Waals surface area contributed by atoms with Crippen LogP contribution in [0.1, 0.15) is 35.7 Å². The molecule has 1 saturated heterocycles. The number of piperidine rings is 1. The lowest BCUT2D eigenvalue weighted by Crippen LogP contribution is -2.33. The molecule has 3 aromatic rings. The highest BCUT2D eigenvalue weighted by Gasteiger charge is 2.18. The Morgan fingerprint density at radius 1 is 1.18 bits per heavy atom. The van der Waals surface area contributed by atoms with Gasteiger partial charge in [-0.15, -0.1) is 0 Å². The molecule has 0 aliphatic carbocycles. The Bertz CT molecular complexity index is 1030. The average Bonchev–Trinajstić information content (AvgIpc) is 2.69. The number of benzene rings is 1. The summed E-state index contributed by atoms with van der Waals surface area (Å²) in [5.74, 6) is 1.66. The van der Waals surface area contributed by atoms with Gasteiger partial charge in [-0.2, -0.15) is 0 Å². The van der Waals surface area contributed by atoms with Crippen LogP contribution >= 0.6 is 15.9 Å². The number of hydrogen-bond donors (Lipinski definition) is 1. The van der Waals surface area contributed by atoms with E-state index in [0.29, 0.717) is 5.56 Å². The van der Waals surface area contributed by atoms with Gasteiger partial charge in [0.05, 0.1) is 11.1 Å². The monoisotopic (exact) mass is 438 g/mol. The zero-order chi connectivity index (χ0) is 19.7. The number of pyridine rings is 2. The van der Waals surface area contributed by atoms with Gasteiger partial charge in [-0.25, -0.2) is 4.98 Å². The van der Waals surface area contributed by atoms with Crippen LogP contribution in [-0.4, -0.2) is 29.0 Å². The predicted molar refractivity (Wildman–Crippen MR) is 117 cm³/mol. The fourth-order valence-electron chi connectivity index (χ4n) is 3.59. The second-order valence-electron chi connectivity index (χ2n) is 7.54. The Labute approximate surface area is 173 Å². The van der Waals surface area contributed by atoms with Gasteiger partial charge >= 0.3 is 0 Å². The van der Waals surface area contributed by atoms with Crippen LogP contribution in [-0.2, 0) is 0 Å². The number of nitrogens with zero attached hydrogens (tertiary/aromatic N) is 3. The summed E-state index contributed by atoms with van der Waals surface area (Å²) in [6.45, 7) is 6.54. The summed E-state index contributed by atoms with van der Waals surface area (Å²) in [6, 6.07) is 9.78. The van der Waals surface area contributed by atoms with Crippen LogP contribution in [0, 0.1) is 12.8 Å². The summed E-state index contributed by atoms with van der Waals surface area (Å²) in [5, 5.41) is 4.00. The first-order valence-corrected chi connectivity index (χ1v) is 10.4. The first kappa shape index (κ1) is 18.9. The second-order valence-corrected chi connectivity index (χ2v) is 8.46. The molecule has 144 valence electrons. The van der Waals surface area contributed by atoms with Crippen molar-refractivity contribution in [1.82, 2.24) is 9.97 Å². The molecule has 28 heavy (non-hydrogen) atoms. The number of hydrogen-bond acceptors (Lipinski definition) is 4. The molecule has 5 nitrogen and oxygen atoms in total. The minimum Gasteiger partial charge on any atom is -0.357 e. The minimum absolute atomic E-state index is 0.183. The summed E-state index contributed by atoms with van der Waals surface area (Å²) >= 11 is 3.35. The fourth-order valence-corrected chi connectivity index (χ4v) is 3.96. The Kier molecular flexibility index (Phi) is 5.31. The maximum atomic E-state index is 12.5. The average molecular weight is 439 g/mol. The SMILES string of the molecule is Cc1cc(N2CCC(C)CC2)nc2ccc(NC(=O)c3cncc(Br)c3)cc12. The Hall–Kier alpha value is -2.47. The number of aromatic nitrogens is 2. The van der Waals surface area contributed by atoms with Gasteiger partial charge < -0.3 is 10.2 Å². The molecule has 1 fully saturated rings. The summed E-state index contributed by atoms with van der Waals surface area (Å²) < 4.78 is 0.776. The molecule has 0 atom stereocenters. The van der Waals surface area contributed by atoms with Crippen LogP contribution in [0.3, 0.4) is 0 Å². The first-order chi connectivity index (χ1) is 13.5. The summed E-state index contributed by atoms with van der Waals surface area (Å²) in [7, 11) is 0. The molecule has 0 spiro atoms. The number of fused-ring (bicyclic) bond motifs is 1. The van der Waals surface area contributed by atoms with Gasteiger partial charge in [-0.3, -0.25) is 9.78 Å². The van der Waals surface area contributed by atoms with E-state index in [1.54, 1.807) is 18.5 Å². The minimum atomic E-state index is -0.183. The predicted octanol–water partition coefficient (Wildman–Crippen LogP) is 5.19. The van der Waals surface area contributed by atoms with Gasteiger partial charge in [-0.1, -0.05) is 6.92 Å². The maximum absolute atomic E-state index is 12.5. The van der Waals surface area contributed by atoms with Gasteiger partial charge in [0, 0.05) is 41.0 Å². The van der Waals surface area contributed by atoms with Crippen molar-refractivity contribution in [2.24, 2.45) is 5.92 Å². The van der Waals surface area contributed by atoms with Crippen LogP contribution in [0.25, 0.3) is 10.9 Å². The zero-order valence-electron chi connectivity index (χ0n) is 16.1. The van der Waals surface area contributed by atoms with Crippen molar-refractivity contribution >= 4 is 44.2 Å². The van der Waals surface area contributed by atoms with Crippen molar-refractivity contribution in [1.29, 1.82) is 0 Å². The van der Waals surface area contributed by atoms with Crippen molar-refractivity contribution in [3.05, 3.63) is 58.3 Å². The highest BCUT2D eigenvalue weighted by atomic mass is 79.9. The topological polar surface area (TPSA) is 58.1 Å². The number of carbonyl (C=O) groups excluding carboxylic acids is 1. The van der Waals surface area contributed by atoms with Gasteiger partial charge in [0.1, 0.15) is 5.82 Å². The van der Waals surface area contributed by atoms with E-state index in [2.05, 4.69) is 51.0 Å². The van der Waals surface area contributed by atoms with Crippen molar-refractivity contribution < 1.29 is 4.79 Å². The largest absolute Gasteiger partial charge is 0.357 e. The third-order valence-corrected chi connectivity index (χ3v) is 5.77. The summed E-state index contributed by atoms with van der Waals surface area (Å²) in [6.07, 6.45) is 5.64. The van der Waals surface area contributed by atoms with Crippen molar-refractivity contribution in [2.45, 2.75) is 26.7 Å². The molecule has 0 radical (unpaired) electrons. The number of aryl methyl sites for hydroxylation is 1. The molecule has 1 aromatic carbocycles. The van der Waals surface area contributed by atoms with Crippen LogP contribution in [0.2, 0.25) is 0 Å². The molecular weight excluding hydrogens is 416 g/mol. The van der Waals surface area contributed by atoms with Crippen LogP contribution in [0.4, 0.5) is 11.5 Å². The lowest BCUT2D eigenvalue weighted by Gasteiger charge is -2.31. The van der Waals surface area contributed by atoms with E-state index in [1.165, 1.54) is 18.4 Å². The van der Waals surface area contributed by atoms with Crippen molar-refractivity contribution in [2.75, 3.05) is 23.3 Å². The summed E-state index contributed by atoms with van der Waals surface area (Å²) in [4.78, 5) is 23.8. The lowest BCUT2D eigenvalue weighted by atomic mass is 9.99. The number of halogens is 1. The van der Waals surface area contributed by atoms with Gasteiger partial charge in [0.25, 0.3) is 5.91 Å². The lowest BCUT2D eigenvalue weighted by molar-refractivity contribution is 0.102. The molecule has 3 heterocycles. The van der Waals surface area contributed by atoms with Crippen molar-refractivity contribution in [3.8, 4) is 0 Å². The van der Waals surface area contributed by atoms with Crippen LogP contribution < -0.4 is 10.2 Å². The van der Waals surface area contributed by atoms with Gasteiger partial charge in [0.2, 0.25) is 0 Å². The van der Waals surface area contributed by atoms with E-state index in [0.717, 1.165) is 45.9 Å². The zero-order valence-corrected chi connectivity index (χ0v) is 17.7. The van der Waals surface area contributed by atoms with E-state index in [1.807, 2.05) is 18.2 Å². The third kappa shape index (κ3) is 4.02. The highest BCUT2D eigenvalue weighted by molar-refractivity contribution is 9.10. The smallest absolute Gasteiger partial charge is 0.257 e. The molecule has 6 heteroatoms. The highest BCUT2D eigenvalue weighted by Crippen LogP contribution is 2.28. The van der Waals surface area contributed by atoms with Crippen molar-refractivity contribution in [3.63, 3.8) is 0 Å². The number of amides is 1. The number of anilines is 2. The van der Waals surface area contributed by atoms with E-state index in [4.69, 9.17) is 4.98 Å². The number of nitrogens with one attached hydrogen (secondary N) is 1. The summed E-state index contributed by atoms with van der Waals surface area (Å²) in [5.41, 5.74) is 3.38. The molecule has 2 aromatic heterocycles. The third-order valence-electron chi connectivity index (χ3n) is 5.33. The molecule has 0 saturated carbocycles. The fraction of sp³-hybridized carbons (Fsp3) is 0.318. The molecular formula is C22H23BrN4O. The molecule has 1 amide bonds. The Morgan fingerprint density at radius 3 is 2.71 bits per heavy atom. The standard InChI is InChI=1S/C22H23BrN4O/c1-14-5-7-27(8-6-14)21-9-15(2)19-11-18(3-4-20(19)26-21)25-22(28)16-10-17(23)13-24-12-16/h3-4,9-14H,5-8H2,1-2H3,(H,25,28). The van der Waals surface area contributed by atoms with Gasteiger partial charge in [-0.05, 0) is 77.5 Å². The van der Waals surface area contributed by atoms with Gasteiger partial charge in [0.15, 0.2) is 0 Å². The molecule has 0 bridgehead atoms. The molecule has 1 N–H and O–H groups in total. The maximum Gasteiger partial charge on any atom is 0.257 e. The molecule has 1 aliphatic heterocycles. The van der Waals surface area contributed by atoms with E-state index < -0.39 is 0 Å². The Morgan fingerprint density at radius 2 is 1.96 bits per heavy atom. The molecule has 0 unspecified atom stereocenters. The van der Waals surface area contributed by atoms with E-state index in [9.17, 15) is 4.79 Å². The first-order valence-electron chi connectivity index (χ1n) is 9.58. The number of rotatable bonds is 3. The second kappa shape index (κ2) is 7.87. The van der Waals surface area contributed by atoms with E-state index in [-0.39, 0.29) is 5.91 Å². The van der Waals surface area contributed by atoms with Crippen LogP contribution in [0.5, 0.6) is 0 Å². The van der Waals surface area contributed by atoms with E-state index >= 15 is 0 Å². The van der Waals surface area contributed by atoms with Crippen LogP contribution in [0.15, 0.2) is 47.2 Å². The Balaban J connectivity index is 1.58.